The molecule has 3 aromatic rings. The van der Waals surface area contributed by atoms with Gasteiger partial charge in [0.05, 0.1) is 6.04 Å². The Bertz CT molecular complexity index is 763. The lowest BCUT2D eigenvalue weighted by molar-refractivity contribution is 0.630. The first-order valence-corrected chi connectivity index (χ1v) is 8.02. The lowest BCUT2D eigenvalue weighted by Gasteiger charge is -2.11. The van der Waals surface area contributed by atoms with Crippen molar-refractivity contribution in [2.75, 3.05) is 0 Å². The lowest BCUT2D eigenvalue weighted by Crippen LogP contribution is -2.10. The summed E-state index contributed by atoms with van der Waals surface area (Å²) in [7, 11) is 0. The van der Waals surface area contributed by atoms with Gasteiger partial charge in [0.1, 0.15) is 5.82 Å². The Hall–Kier alpha value is -1.71. The van der Waals surface area contributed by atoms with Crippen LogP contribution in [0.2, 0.25) is 0 Å². The third-order valence-corrected chi connectivity index (χ3v) is 4.84. The van der Waals surface area contributed by atoms with E-state index in [2.05, 4.69) is 37.3 Å². The van der Waals surface area contributed by atoms with Crippen molar-refractivity contribution in [3.63, 3.8) is 0 Å². The minimum absolute atomic E-state index is 0.151. The number of halogens is 1. The van der Waals surface area contributed by atoms with Gasteiger partial charge >= 0.3 is 0 Å². The highest BCUT2D eigenvalue weighted by Gasteiger charge is 2.13. The fourth-order valence-corrected chi connectivity index (χ4v) is 3.69. The zero-order valence-corrected chi connectivity index (χ0v) is 12.8. The average Bonchev–Trinajstić information content (AvgIpc) is 2.90. The second-order valence-corrected chi connectivity index (χ2v) is 6.42. The third-order valence-electron chi connectivity index (χ3n) is 3.66. The normalized spacial score (nSPS) is 12.7. The van der Waals surface area contributed by atoms with E-state index in [1.54, 1.807) is 17.4 Å². The zero-order valence-electron chi connectivity index (χ0n) is 12.0. The fourth-order valence-electron chi connectivity index (χ4n) is 2.57. The quantitative estimate of drug-likeness (QED) is 0.717. The van der Waals surface area contributed by atoms with Crippen LogP contribution in [0.1, 0.15) is 35.4 Å². The molecule has 1 heterocycles. The van der Waals surface area contributed by atoms with Crippen molar-refractivity contribution in [3.8, 4) is 0 Å². The third kappa shape index (κ3) is 2.99. The largest absolute Gasteiger partial charge is 0.320 e. The van der Waals surface area contributed by atoms with Crippen molar-refractivity contribution in [1.82, 2.24) is 0 Å². The maximum absolute atomic E-state index is 13.3. The van der Waals surface area contributed by atoms with E-state index in [9.17, 15) is 4.39 Å². The van der Waals surface area contributed by atoms with E-state index < -0.39 is 0 Å². The van der Waals surface area contributed by atoms with Crippen molar-refractivity contribution >= 4 is 21.4 Å². The van der Waals surface area contributed by atoms with E-state index in [0.717, 1.165) is 33.4 Å². The molecule has 1 unspecified atom stereocenters. The molecule has 3 rings (SSSR count). The molecule has 1 aromatic heterocycles. The Morgan fingerprint density at radius 1 is 1.14 bits per heavy atom. The number of nitrogens with two attached hydrogens (primary N) is 1. The summed E-state index contributed by atoms with van der Waals surface area (Å²) in [6.45, 7) is 2.17. The Kier molecular flexibility index (Phi) is 4.04. The molecule has 0 spiro atoms. The van der Waals surface area contributed by atoms with Crippen LogP contribution in [0.4, 0.5) is 4.39 Å². The van der Waals surface area contributed by atoms with Crippen LogP contribution >= 0.6 is 11.3 Å². The van der Waals surface area contributed by atoms with Crippen LogP contribution in [-0.2, 0) is 6.42 Å². The molecule has 0 saturated heterocycles. The van der Waals surface area contributed by atoms with Gasteiger partial charge in [0.2, 0.25) is 0 Å². The van der Waals surface area contributed by atoms with Crippen molar-refractivity contribution in [2.45, 2.75) is 25.8 Å². The van der Waals surface area contributed by atoms with Gasteiger partial charge in [0.25, 0.3) is 0 Å². The van der Waals surface area contributed by atoms with Crippen molar-refractivity contribution < 1.29 is 4.39 Å². The topological polar surface area (TPSA) is 26.0 Å². The molecule has 0 aliphatic carbocycles. The van der Waals surface area contributed by atoms with Gasteiger partial charge in [-0.2, -0.15) is 0 Å². The smallest absolute Gasteiger partial charge is 0.124 e. The summed E-state index contributed by atoms with van der Waals surface area (Å²) in [6.07, 6.45) is 2.19. The standard InChI is InChI=1S/C18H18FNS/c1-2-4-12-5-3-6-14(9-12)18(20)17-10-13-7-8-15(19)11-16(13)21-17/h3,5-11,18H,2,4,20H2,1H3. The number of hydrogen-bond acceptors (Lipinski definition) is 2. The molecule has 0 aliphatic heterocycles. The molecule has 0 fully saturated rings. The van der Waals surface area contributed by atoms with E-state index >= 15 is 0 Å². The highest BCUT2D eigenvalue weighted by Crippen LogP contribution is 2.32. The van der Waals surface area contributed by atoms with E-state index in [4.69, 9.17) is 5.73 Å². The zero-order chi connectivity index (χ0) is 14.8. The van der Waals surface area contributed by atoms with E-state index in [0.29, 0.717) is 0 Å². The molecule has 2 N–H and O–H groups in total. The number of hydrogen-bond donors (Lipinski definition) is 1. The summed E-state index contributed by atoms with van der Waals surface area (Å²) >= 11 is 1.57. The number of benzene rings is 2. The Morgan fingerprint density at radius 2 is 2.00 bits per heavy atom. The molecule has 0 aliphatic rings. The van der Waals surface area contributed by atoms with Crippen molar-refractivity contribution in [2.24, 2.45) is 5.73 Å². The molecule has 21 heavy (non-hydrogen) atoms. The molecular weight excluding hydrogens is 281 g/mol. The minimum Gasteiger partial charge on any atom is -0.320 e. The lowest BCUT2D eigenvalue weighted by atomic mass is 10.0. The molecule has 1 atom stereocenters. The Balaban J connectivity index is 1.95. The van der Waals surface area contributed by atoms with Gasteiger partial charge in [0, 0.05) is 9.58 Å². The van der Waals surface area contributed by atoms with Crippen LogP contribution in [0.3, 0.4) is 0 Å². The maximum atomic E-state index is 13.3. The minimum atomic E-state index is -0.200. The van der Waals surface area contributed by atoms with Crippen LogP contribution in [0.15, 0.2) is 48.5 Å². The summed E-state index contributed by atoms with van der Waals surface area (Å²) in [5.41, 5.74) is 8.84. The summed E-state index contributed by atoms with van der Waals surface area (Å²) in [6, 6.07) is 15.2. The van der Waals surface area contributed by atoms with Crippen LogP contribution < -0.4 is 5.73 Å². The number of thiophene rings is 1. The number of aryl methyl sites for hydroxylation is 1. The highest BCUT2D eigenvalue weighted by molar-refractivity contribution is 7.19. The Morgan fingerprint density at radius 3 is 2.81 bits per heavy atom. The molecule has 0 saturated carbocycles. The van der Waals surface area contributed by atoms with Crippen LogP contribution in [0, 0.1) is 5.82 Å². The highest BCUT2D eigenvalue weighted by atomic mass is 32.1. The average molecular weight is 299 g/mol. The maximum Gasteiger partial charge on any atom is 0.124 e. The molecular formula is C18H18FNS. The van der Waals surface area contributed by atoms with Crippen LogP contribution in [0.25, 0.3) is 10.1 Å². The van der Waals surface area contributed by atoms with E-state index in [1.165, 1.54) is 11.6 Å². The summed E-state index contributed by atoms with van der Waals surface area (Å²) in [5.74, 6) is -0.200. The van der Waals surface area contributed by atoms with Gasteiger partial charge in [-0.25, -0.2) is 4.39 Å². The van der Waals surface area contributed by atoms with Crippen LogP contribution in [-0.4, -0.2) is 0 Å². The van der Waals surface area contributed by atoms with Gasteiger partial charge < -0.3 is 5.73 Å². The fraction of sp³-hybridized carbons (Fsp3) is 0.222. The molecule has 0 bridgehead atoms. The summed E-state index contributed by atoms with van der Waals surface area (Å²) in [5, 5.41) is 1.05. The van der Waals surface area contributed by atoms with Crippen molar-refractivity contribution in [3.05, 3.63) is 70.4 Å². The summed E-state index contributed by atoms with van der Waals surface area (Å²) < 4.78 is 14.2. The molecule has 3 heteroatoms. The second-order valence-electron chi connectivity index (χ2n) is 5.30. The first-order chi connectivity index (χ1) is 10.2. The number of rotatable bonds is 4. The predicted octanol–water partition coefficient (Wildman–Crippen LogP) is 5.04. The monoisotopic (exact) mass is 299 g/mol. The second kappa shape index (κ2) is 5.96. The molecule has 1 nitrogen and oxygen atoms in total. The van der Waals surface area contributed by atoms with Crippen molar-refractivity contribution in [1.29, 1.82) is 0 Å². The van der Waals surface area contributed by atoms with E-state index in [-0.39, 0.29) is 11.9 Å². The first-order valence-electron chi connectivity index (χ1n) is 7.21. The van der Waals surface area contributed by atoms with Gasteiger partial charge in [-0.15, -0.1) is 11.3 Å². The first kappa shape index (κ1) is 14.2. The predicted molar refractivity (Wildman–Crippen MR) is 88.3 cm³/mol. The van der Waals surface area contributed by atoms with E-state index in [1.807, 2.05) is 6.07 Å². The molecule has 0 radical (unpaired) electrons. The van der Waals surface area contributed by atoms with Crippen LogP contribution in [0.5, 0.6) is 0 Å². The SMILES string of the molecule is CCCc1cccc(C(N)c2cc3ccc(F)cc3s2)c1. The molecule has 2 aromatic carbocycles. The van der Waals surface area contributed by atoms with Gasteiger partial charge in [0.15, 0.2) is 0 Å². The van der Waals surface area contributed by atoms with Gasteiger partial charge in [-0.05, 0) is 41.1 Å². The molecule has 108 valence electrons. The summed E-state index contributed by atoms with van der Waals surface area (Å²) in [4.78, 5) is 1.07. The van der Waals surface area contributed by atoms with Gasteiger partial charge in [-0.1, -0.05) is 43.7 Å². The van der Waals surface area contributed by atoms with Gasteiger partial charge in [-0.3, -0.25) is 0 Å². The Labute approximate surface area is 128 Å². The number of fused-ring (bicyclic) bond motifs is 1. The molecule has 0 amide bonds.